The highest BCUT2D eigenvalue weighted by Crippen LogP contribution is 2.15. The standard InChI is InChI=1S/C62H104O6/c1-4-7-10-13-16-19-22-25-28-30-31-32-35-37-40-43-46-49-52-55-61(64)67-58-59(57-66-60(63)54-51-48-45-42-39-36-33-27-24-21-18-15-12-9-6-3)68-62(65)56-53-50-47-44-41-38-34-29-26-23-20-17-14-11-8-5-2/h7-8,10-11,16-17,19-20,25-26,28-29,31-32,38,41,59H,4-6,9,12-15,18,21-24,27,30,33-37,39-40,42-58H2,1-3H3/b10-7-,11-8-,19-16-,20-17-,28-25-,29-26-,32-31-,41-38-. The highest BCUT2D eigenvalue weighted by Gasteiger charge is 2.19. The van der Waals surface area contributed by atoms with Gasteiger partial charge in [-0.1, -0.05) is 240 Å². The molecule has 0 N–H and O–H groups in total. The van der Waals surface area contributed by atoms with E-state index in [9.17, 15) is 14.4 Å². The Labute approximate surface area is 419 Å². The highest BCUT2D eigenvalue weighted by atomic mass is 16.6. The number of hydrogen-bond acceptors (Lipinski definition) is 6. The summed E-state index contributed by atoms with van der Waals surface area (Å²) in [4.78, 5) is 38.1. The van der Waals surface area contributed by atoms with Crippen LogP contribution in [0.2, 0.25) is 0 Å². The molecule has 0 radical (unpaired) electrons. The van der Waals surface area contributed by atoms with E-state index >= 15 is 0 Å². The van der Waals surface area contributed by atoms with Crippen LogP contribution in [-0.2, 0) is 28.6 Å². The lowest BCUT2D eigenvalue weighted by atomic mass is 10.0. The Morgan fingerprint density at radius 1 is 0.309 bits per heavy atom. The molecular weight excluding hydrogens is 841 g/mol. The number of carbonyl (C=O) groups excluding carboxylic acids is 3. The van der Waals surface area contributed by atoms with Crippen LogP contribution < -0.4 is 0 Å². The van der Waals surface area contributed by atoms with Crippen LogP contribution in [0.3, 0.4) is 0 Å². The number of esters is 3. The van der Waals surface area contributed by atoms with Crippen LogP contribution in [-0.4, -0.2) is 37.2 Å². The average molecular weight is 946 g/mol. The van der Waals surface area contributed by atoms with Gasteiger partial charge in [0.15, 0.2) is 6.10 Å². The molecule has 0 rings (SSSR count). The molecule has 6 heteroatoms. The molecule has 0 bridgehead atoms. The molecule has 0 amide bonds. The van der Waals surface area contributed by atoms with Crippen molar-refractivity contribution in [2.75, 3.05) is 13.2 Å². The van der Waals surface area contributed by atoms with Crippen molar-refractivity contribution in [2.45, 2.75) is 264 Å². The van der Waals surface area contributed by atoms with E-state index in [0.717, 1.165) is 128 Å². The van der Waals surface area contributed by atoms with E-state index in [1.54, 1.807) is 0 Å². The van der Waals surface area contributed by atoms with E-state index < -0.39 is 6.10 Å². The third kappa shape index (κ3) is 53.3. The van der Waals surface area contributed by atoms with Crippen molar-refractivity contribution in [3.63, 3.8) is 0 Å². The molecule has 0 fully saturated rings. The Morgan fingerprint density at radius 3 is 0.912 bits per heavy atom. The van der Waals surface area contributed by atoms with Crippen molar-refractivity contribution < 1.29 is 28.6 Å². The maximum atomic E-state index is 12.8. The SMILES string of the molecule is CC/C=C\C/C=C\C/C=C\C/C=C\CCCCCCCCC(=O)OCC(COC(=O)CCCCCCCCCCCCCCCCC)OC(=O)CCCCC/C=C\C/C=C\C/C=C\C/C=C\CC. The Hall–Kier alpha value is -3.67. The summed E-state index contributed by atoms with van der Waals surface area (Å²) in [6, 6.07) is 0. The summed E-state index contributed by atoms with van der Waals surface area (Å²) in [5, 5.41) is 0. The molecule has 0 saturated heterocycles. The van der Waals surface area contributed by atoms with Gasteiger partial charge < -0.3 is 14.2 Å². The third-order valence-electron chi connectivity index (χ3n) is 11.8. The van der Waals surface area contributed by atoms with Crippen molar-refractivity contribution in [1.29, 1.82) is 0 Å². The first kappa shape index (κ1) is 64.3. The van der Waals surface area contributed by atoms with E-state index in [1.807, 2.05) is 0 Å². The van der Waals surface area contributed by atoms with Gasteiger partial charge in [0, 0.05) is 19.3 Å². The number of carbonyl (C=O) groups is 3. The minimum absolute atomic E-state index is 0.0939. The van der Waals surface area contributed by atoms with E-state index in [-0.39, 0.29) is 37.5 Å². The zero-order chi connectivity index (χ0) is 49.3. The molecular formula is C62H104O6. The largest absolute Gasteiger partial charge is 0.462 e. The van der Waals surface area contributed by atoms with Crippen molar-refractivity contribution >= 4 is 17.9 Å². The first-order chi connectivity index (χ1) is 33.5. The van der Waals surface area contributed by atoms with Crippen molar-refractivity contribution in [3.8, 4) is 0 Å². The predicted molar refractivity (Wildman–Crippen MR) is 293 cm³/mol. The van der Waals surface area contributed by atoms with E-state index in [2.05, 4.69) is 118 Å². The van der Waals surface area contributed by atoms with Gasteiger partial charge in [-0.15, -0.1) is 0 Å². The molecule has 0 aromatic heterocycles. The van der Waals surface area contributed by atoms with Gasteiger partial charge in [0.1, 0.15) is 13.2 Å². The van der Waals surface area contributed by atoms with Crippen LogP contribution in [0.25, 0.3) is 0 Å². The Balaban J connectivity index is 4.45. The number of rotatable bonds is 50. The zero-order valence-electron chi connectivity index (χ0n) is 44.3. The summed E-state index contributed by atoms with van der Waals surface area (Å²) < 4.78 is 16.8. The lowest BCUT2D eigenvalue weighted by Crippen LogP contribution is -2.30. The maximum Gasteiger partial charge on any atom is 0.306 e. The number of ether oxygens (including phenoxy) is 3. The Morgan fingerprint density at radius 2 is 0.574 bits per heavy atom. The van der Waals surface area contributed by atoms with E-state index in [4.69, 9.17) is 14.2 Å². The van der Waals surface area contributed by atoms with Crippen molar-refractivity contribution in [2.24, 2.45) is 0 Å². The van der Waals surface area contributed by atoms with Gasteiger partial charge in [-0.25, -0.2) is 0 Å². The van der Waals surface area contributed by atoms with E-state index in [1.165, 1.54) is 89.9 Å². The van der Waals surface area contributed by atoms with Crippen LogP contribution >= 0.6 is 0 Å². The van der Waals surface area contributed by atoms with Gasteiger partial charge in [-0.05, 0) is 96.3 Å². The molecule has 1 atom stereocenters. The predicted octanol–water partition coefficient (Wildman–Crippen LogP) is 18.9. The zero-order valence-corrected chi connectivity index (χ0v) is 44.3. The summed E-state index contributed by atoms with van der Waals surface area (Å²) in [7, 11) is 0. The molecule has 0 heterocycles. The van der Waals surface area contributed by atoms with Crippen LogP contribution in [0.1, 0.15) is 258 Å². The molecule has 0 saturated carbocycles. The van der Waals surface area contributed by atoms with Gasteiger partial charge in [-0.3, -0.25) is 14.4 Å². The van der Waals surface area contributed by atoms with E-state index in [0.29, 0.717) is 12.8 Å². The molecule has 0 aliphatic rings. The smallest absolute Gasteiger partial charge is 0.306 e. The van der Waals surface area contributed by atoms with Gasteiger partial charge in [-0.2, -0.15) is 0 Å². The minimum Gasteiger partial charge on any atom is -0.462 e. The molecule has 6 nitrogen and oxygen atoms in total. The summed E-state index contributed by atoms with van der Waals surface area (Å²) in [6.07, 6.45) is 73.9. The van der Waals surface area contributed by atoms with Crippen LogP contribution in [0, 0.1) is 0 Å². The highest BCUT2D eigenvalue weighted by molar-refractivity contribution is 5.71. The monoisotopic (exact) mass is 945 g/mol. The number of unbranched alkanes of at least 4 members (excludes halogenated alkanes) is 23. The fourth-order valence-corrected chi connectivity index (χ4v) is 7.66. The first-order valence-corrected chi connectivity index (χ1v) is 28.2. The second-order valence-electron chi connectivity index (χ2n) is 18.4. The van der Waals surface area contributed by atoms with Gasteiger partial charge in [0.25, 0.3) is 0 Å². The lowest BCUT2D eigenvalue weighted by molar-refractivity contribution is -0.167. The molecule has 1 unspecified atom stereocenters. The molecule has 68 heavy (non-hydrogen) atoms. The molecule has 0 aromatic carbocycles. The third-order valence-corrected chi connectivity index (χ3v) is 11.8. The fourth-order valence-electron chi connectivity index (χ4n) is 7.66. The fraction of sp³-hybridized carbons (Fsp3) is 0.694. The second kappa shape index (κ2) is 55.9. The van der Waals surface area contributed by atoms with Gasteiger partial charge in [0.2, 0.25) is 0 Å². The number of allylic oxidation sites excluding steroid dienone is 16. The maximum absolute atomic E-state index is 12.8. The summed E-state index contributed by atoms with van der Waals surface area (Å²) in [5.74, 6) is -0.936. The van der Waals surface area contributed by atoms with Crippen LogP contribution in [0.5, 0.6) is 0 Å². The summed E-state index contributed by atoms with van der Waals surface area (Å²) in [5.41, 5.74) is 0. The molecule has 0 aliphatic heterocycles. The topological polar surface area (TPSA) is 78.9 Å². The quantitative estimate of drug-likeness (QED) is 0.0262. The molecule has 0 spiro atoms. The number of hydrogen-bond donors (Lipinski definition) is 0. The molecule has 0 aromatic rings. The molecule has 0 aliphatic carbocycles. The van der Waals surface area contributed by atoms with Gasteiger partial charge >= 0.3 is 17.9 Å². The Kier molecular flexibility index (Phi) is 52.9. The average Bonchev–Trinajstić information content (AvgIpc) is 3.34. The molecule has 388 valence electrons. The first-order valence-electron chi connectivity index (χ1n) is 28.2. The van der Waals surface area contributed by atoms with Crippen LogP contribution in [0.15, 0.2) is 97.2 Å². The van der Waals surface area contributed by atoms with Crippen molar-refractivity contribution in [3.05, 3.63) is 97.2 Å². The van der Waals surface area contributed by atoms with Gasteiger partial charge in [0.05, 0.1) is 0 Å². The summed E-state index contributed by atoms with van der Waals surface area (Å²) >= 11 is 0. The normalized spacial score (nSPS) is 12.8. The lowest BCUT2D eigenvalue weighted by Gasteiger charge is -2.18. The van der Waals surface area contributed by atoms with Crippen molar-refractivity contribution in [1.82, 2.24) is 0 Å². The summed E-state index contributed by atoms with van der Waals surface area (Å²) in [6.45, 7) is 6.39. The second-order valence-corrected chi connectivity index (χ2v) is 18.4. The van der Waals surface area contributed by atoms with Crippen LogP contribution in [0.4, 0.5) is 0 Å². The Bertz CT molecular complexity index is 1360. The minimum atomic E-state index is -0.800.